The summed E-state index contributed by atoms with van der Waals surface area (Å²) in [7, 11) is 0. The van der Waals surface area contributed by atoms with Crippen molar-refractivity contribution >= 4 is 0 Å². The van der Waals surface area contributed by atoms with Crippen LogP contribution in [-0.4, -0.2) is 12.1 Å². The fourth-order valence-electron chi connectivity index (χ4n) is 0.176. The highest BCUT2D eigenvalue weighted by molar-refractivity contribution is 4.53. The summed E-state index contributed by atoms with van der Waals surface area (Å²) in [5, 5.41) is 4.14. The normalized spacial score (nSPS) is 14.6. The number of halogens is 4. The monoisotopic (exact) mass is 158 g/mol. The van der Waals surface area contributed by atoms with Crippen LogP contribution in [0, 0.1) is 0 Å². The van der Waals surface area contributed by atoms with Crippen molar-refractivity contribution in [3.05, 3.63) is 0 Å². The zero-order valence-corrected chi connectivity index (χ0v) is 5.41. The van der Waals surface area contributed by atoms with Crippen molar-refractivity contribution in [2.24, 2.45) is 10.2 Å². The summed E-state index contributed by atoms with van der Waals surface area (Å²) in [6, 6.07) is -7.03. The molecule has 0 aliphatic carbocycles. The van der Waals surface area contributed by atoms with Crippen molar-refractivity contribution in [3.8, 4) is 0 Å². The molecule has 0 radical (unpaired) electrons. The number of hydrogen-bond acceptors (Lipinski definition) is 2. The minimum Gasteiger partial charge on any atom is -0.180 e. The molecule has 0 heterocycles. The number of azo groups is 1. The molecule has 0 amide bonds. The average molecular weight is 158 g/mol. The molecule has 0 unspecified atom stereocenters. The lowest BCUT2D eigenvalue weighted by Gasteiger charge is -2.03. The second-order valence-corrected chi connectivity index (χ2v) is 1.88. The van der Waals surface area contributed by atoms with Gasteiger partial charge in [0, 0.05) is 13.8 Å². The van der Waals surface area contributed by atoms with Gasteiger partial charge < -0.3 is 0 Å². The second-order valence-electron chi connectivity index (χ2n) is 1.88. The van der Waals surface area contributed by atoms with E-state index in [1.165, 1.54) is 0 Å². The quantitative estimate of drug-likeness (QED) is 0.335. The van der Waals surface area contributed by atoms with Crippen LogP contribution in [0.25, 0.3) is 0 Å². The molecule has 0 fully saturated rings. The molecule has 2 nitrogen and oxygen atoms in total. The Morgan fingerprint density at radius 3 is 1.10 bits per heavy atom. The Labute approximate surface area is 54.9 Å². The maximum atomic E-state index is 11.7. The second kappa shape index (κ2) is 2.51. The molecular weight excluding hydrogens is 152 g/mol. The lowest BCUT2D eigenvalue weighted by Crippen LogP contribution is -2.09. The molecule has 0 saturated heterocycles. The third-order valence-corrected chi connectivity index (χ3v) is 0.401. The minimum absolute atomic E-state index is 0.377. The number of hydrogen-bond donors (Lipinski definition) is 0. The van der Waals surface area contributed by atoms with E-state index < -0.39 is 12.1 Å². The summed E-state index contributed by atoms with van der Waals surface area (Å²) in [6.45, 7) is 0.754. The molecule has 0 rings (SSSR count). The Bertz CT molecular complexity index is 115. The smallest absolute Gasteiger partial charge is 0.180 e. The molecule has 0 aromatic rings. The Balaban J connectivity index is 4.01. The summed E-state index contributed by atoms with van der Waals surface area (Å²) in [5.74, 6) is 0. The van der Waals surface area contributed by atoms with E-state index in [-0.39, 0.29) is 0 Å². The average Bonchev–Trinajstić information content (AvgIpc) is 1.57. The predicted molar refractivity (Wildman–Crippen MR) is 26.1 cm³/mol. The van der Waals surface area contributed by atoms with Gasteiger partial charge in [-0.05, 0) is 0 Å². The summed E-state index contributed by atoms with van der Waals surface area (Å²) in [6.07, 6.45) is 0. The van der Waals surface area contributed by atoms with E-state index in [4.69, 9.17) is 0 Å². The Kier molecular flexibility index (Phi) is 2.34. The fourth-order valence-corrected chi connectivity index (χ4v) is 0.176. The van der Waals surface area contributed by atoms with Crippen LogP contribution in [0.1, 0.15) is 13.8 Å². The molecule has 0 aromatic carbocycles. The number of rotatable bonds is 2. The molecule has 0 N–H and O–H groups in total. The van der Waals surface area contributed by atoms with Crippen LogP contribution in [0.4, 0.5) is 17.6 Å². The summed E-state index contributed by atoms with van der Waals surface area (Å²) < 4.78 is 46.6. The Hall–Kier alpha value is -0.680. The Morgan fingerprint density at radius 2 is 1.00 bits per heavy atom. The third kappa shape index (κ3) is 7.32. The number of nitrogens with zero attached hydrogens (tertiary/aromatic N) is 2. The zero-order chi connectivity index (χ0) is 8.41. The van der Waals surface area contributed by atoms with Gasteiger partial charge in [0.05, 0.1) is 0 Å². The van der Waals surface area contributed by atoms with Crippen molar-refractivity contribution < 1.29 is 17.6 Å². The highest BCUT2D eigenvalue weighted by Gasteiger charge is 2.25. The maximum absolute atomic E-state index is 11.7. The minimum atomic E-state index is -3.51. The fraction of sp³-hybridized carbons (Fsp3) is 1.00. The van der Waals surface area contributed by atoms with Gasteiger partial charge >= 0.3 is 12.1 Å². The van der Waals surface area contributed by atoms with E-state index in [2.05, 4.69) is 10.2 Å². The van der Waals surface area contributed by atoms with Crippen LogP contribution in [0.2, 0.25) is 0 Å². The SMILES string of the molecule is CC(F)(F)N=NC(C)(F)F. The van der Waals surface area contributed by atoms with Gasteiger partial charge in [0.2, 0.25) is 0 Å². The first-order valence-electron chi connectivity index (χ1n) is 2.40. The van der Waals surface area contributed by atoms with Gasteiger partial charge in [0.25, 0.3) is 0 Å². The molecule has 0 aromatic heterocycles. The van der Waals surface area contributed by atoms with Crippen molar-refractivity contribution in [2.45, 2.75) is 25.9 Å². The van der Waals surface area contributed by atoms with Crippen LogP contribution < -0.4 is 0 Å². The van der Waals surface area contributed by atoms with Gasteiger partial charge in [0.15, 0.2) is 0 Å². The van der Waals surface area contributed by atoms with E-state index in [0.29, 0.717) is 13.8 Å². The maximum Gasteiger partial charge on any atom is 0.355 e. The molecule has 0 spiro atoms. The van der Waals surface area contributed by atoms with Gasteiger partial charge in [-0.25, -0.2) is 0 Å². The van der Waals surface area contributed by atoms with E-state index in [1.807, 2.05) is 0 Å². The summed E-state index contributed by atoms with van der Waals surface area (Å²) in [5.41, 5.74) is 0. The molecule has 0 aliphatic heterocycles. The van der Waals surface area contributed by atoms with Gasteiger partial charge in [0.1, 0.15) is 0 Å². The first-order chi connectivity index (χ1) is 4.21. The Morgan fingerprint density at radius 1 is 0.800 bits per heavy atom. The lowest BCUT2D eigenvalue weighted by molar-refractivity contribution is -0.0168. The topological polar surface area (TPSA) is 24.7 Å². The highest BCUT2D eigenvalue weighted by atomic mass is 19.3. The third-order valence-electron chi connectivity index (χ3n) is 0.401. The van der Waals surface area contributed by atoms with E-state index >= 15 is 0 Å². The van der Waals surface area contributed by atoms with Crippen LogP contribution in [0.15, 0.2) is 10.2 Å². The summed E-state index contributed by atoms with van der Waals surface area (Å²) in [4.78, 5) is 0. The molecule has 0 bridgehead atoms. The van der Waals surface area contributed by atoms with Crippen LogP contribution in [-0.2, 0) is 0 Å². The van der Waals surface area contributed by atoms with Crippen molar-refractivity contribution in [1.29, 1.82) is 0 Å². The number of alkyl halides is 4. The van der Waals surface area contributed by atoms with E-state index in [0.717, 1.165) is 0 Å². The van der Waals surface area contributed by atoms with E-state index in [9.17, 15) is 17.6 Å². The van der Waals surface area contributed by atoms with Crippen LogP contribution in [0.5, 0.6) is 0 Å². The van der Waals surface area contributed by atoms with Crippen LogP contribution >= 0.6 is 0 Å². The molecule has 6 heteroatoms. The molecule has 0 saturated carbocycles. The van der Waals surface area contributed by atoms with Gasteiger partial charge in [-0.15, -0.1) is 10.2 Å². The molecule has 10 heavy (non-hydrogen) atoms. The molecule has 0 aliphatic rings. The molecule has 0 atom stereocenters. The molecule has 60 valence electrons. The van der Waals surface area contributed by atoms with Crippen molar-refractivity contribution in [2.75, 3.05) is 0 Å². The van der Waals surface area contributed by atoms with Crippen LogP contribution in [0.3, 0.4) is 0 Å². The highest BCUT2D eigenvalue weighted by Crippen LogP contribution is 2.19. The van der Waals surface area contributed by atoms with Gasteiger partial charge in [-0.3, -0.25) is 0 Å². The predicted octanol–water partition coefficient (Wildman–Crippen LogP) is 2.66. The largest absolute Gasteiger partial charge is 0.355 e. The zero-order valence-electron chi connectivity index (χ0n) is 5.41. The summed E-state index contributed by atoms with van der Waals surface area (Å²) >= 11 is 0. The lowest BCUT2D eigenvalue weighted by atomic mass is 10.7. The van der Waals surface area contributed by atoms with Crippen molar-refractivity contribution in [3.63, 3.8) is 0 Å². The first-order valence-corrected chi connectivity index (χ1v) is 2.40. The van der Waals surface area contributed by atoms with Crippen molar-refractivity contribution in [1.82, 2.24) is 0 Å². The van der Waals surface area contributed by atoms with Gasteiger partial charge in [-0.2, -0.15) is 17.6 Å². The molecular formula is C4H6F4N2. The van der Waals surface area contributed by atoms with Gasteiger partial charge in [-0.1, -0.05) is 0 Å². The van der Waals surface area contributed by atoms with E-state index in [1.54, 1.807) is 0 Å². The standard InChI is InChI=1S/C4H6F4N2/c1-3(5,6)9-10-4(2,7)8/h1-2H3. The first kappa shape index (κ1) is 9.32.